The predicted molar refractivity (Wildman–Crippen MR) is 53.9 cm³/mol. The molecule has 0 bridgehead atoms. The van der Waals surface area contributed by atoms with Crippen molar-refractivity contribution in [3.05, 3.63) is 0 Å². The van der Waals surface area contributed by atoms with Crippen molar-refractivity contribution in [3.8, 4) is 0 Å². The van der Waals surface area contributed by atoms with E-state index in [9.17, 15) is 0 Å². The van der Waals surface area contributed by atoms with E-state index in [0.717, 1.165) is 5.92 Å². The van der Waals surface area contributed by atoms with Crippen molar-refractivity contribution in [2.75, 3.05) is 12.3 Å². The molecule has 2 unspecified atom stereocenters. The summed E-state index contributed by atoms with van der Waals surface area (Å²) in [4.78, 5) is 0. The molecule has 0 aliphatic carbocycles. The SMILES string of the molecule is CC[PH]1=CC(C)CC1.S. The largest absolute Gasteiger partial charge is 0.197 e. The Labute approximate surface area is 65.9 Å². The van der Waals surface area contributed by atoms with E-state index < -0.39 is 0 Å². The van der Waals surface area contributed by atoms with Crippen LogP contribution in [0.4, 0.5) is 0 Å². The molecule has 1 rings (SSSR count). The maximum Gasteiger partial charge on any atom is -0.0256 e. The van der Waals surface area contributed by atoms with Crippen molar-refractivity contribution in [2.45, 2.75) is 20.3 Å². The summed E-state index contributed by atoms with van der Waals surface area (Å²) in [6.45, 7) is 4.66. The quantitative estimate of drug-likeness (QED) is 0.521. The van der Waals surface area contributed by atoms with E-state index in [1.54, 1.807) is 6.16 Å². The van der Waals surface area contributed by atoms with E-state index >= 15 is 0 Å². The smallest absolute Gasteiger partial charge is 0.0256 e. The van der Waals surface area contributed by atoms with Gasteiger partial charge in [0.1, 0.15) is 0 Å². The van der Waals surface area contributed by atoms with Crippen molar-refractivity contribution < 1.29 is 0 Å². The summed E-state index contributed by atoms with van der Waals surface area (Å²) in [5, 5.41) is 0. The molecule has 9 heavy (non-hydrogen) atoms. The van der Waals surface area contributed by atoms with Crippen LogP contribution in [0.2, 0.25) is 0 Å². The second-order valence-electron chi connectivity index (χ2n) is 2.69. The molecular formula is C7H17PS. The molecule has 0 N–H and O–H groups in total. The maximum atomic E-state index is 2.60. The fourth-order valence-electron chi connectivity index (χ4n) is 1.28. The monoisotopic (exact) mass is 164 g/mol. The average Bonchev–Trinajstić information content (AvgIpc) is 2.14. The Morgan fingerprint density at radius 3 is 2.56 bits per heavy atom. The molecule has 0 aromatic heterocycles. The van der Waals surface area contributed by atoms with E-state index in [1.807, 2.05) is 0 Å². The summed E-state index contributed by atoms with van der Waals surface area (Å²) in [5.41, 5.74) is 0. The number of hydrogen-bond acceptors (Lipinski definition) is 0. The standard InChI is InChI=1S/C7H15P.H2S/c1-3-8-5-4-7(2)6-8;/h6-8H,3-5H2,1-2H3;1H2. The molecule has 0 spiro atoms. The van der Waals surface area contributed by atoms with E-state index in [1.165, 1.54) is 12.6 Å². The molecule has 1 aliphatic heterocycles. The van der Waals surface area contributed by atoms with Crippen molar-refractivity contribution in [1.82, 2.24) is 0 Å². The van der Waals surface area contributed by atoms with Crippen LogP contribution in [0.3, 0.4) is 0 Å². The van der Waals surface area contributed by atoms with Crippen LogP contribution in [0.25, 0.3) is 0 Å². The van der Waals surface area contributed by atoms with Gasteiger partial charge in [-0.1, -0.05) is 19.6 Å². The second-order valence-corrected chi connectivity index (χ2v) is 5.55. The Balaban J connectivity index is 0.000000640. The summed E-state index contributed by atoms with van der Waals surface area (Å²) in [6.07, 6.45) is 4.47. The molecule has 1 aliphatic rings. The van der Waals surface area contributed by atoms with Gasteiger partial charge < -0.3 is 0 Å². The zero-order chi connectivity index (χ0) is 5.98. The Hall–Kier alpha value is 0.650. The predicted octanol–water partition coefficient (Wildman–Crippen LogP) is 2.18. The highest BCUT2D eigenvalue weighted by atomic mass is 32.1. The molecule has 56 valence electrons. The van der Waals surface area contributed by atoms with E-state index in [4.69, 9.17) is 0 Å². The molecule has 0 aromatic rings. The van der Waals surface area contributed by atoms with Crippen LogP contribution < -0.4 is 0 Å². The molecule has 0 amide bonds. The minimum Gasteiger partial charge on any atom is -0.197 e. The van der Waals surface area contributed by atoms with Crippen LogP contribution in [0.5, 0.6) is 0 Å². The lowest BCUT2D eigenvalue weighted by atomic mass is 10.2. The van der Waals surface area contributed by atoms with E-state index in [-0.39, 0.29) is 21.0 Å². The summed E-state index contributed by atoms with van der Waals surface area (Å²) in [7, 11) is 0.0748. The molecule has 0 saturated carbocycles. The third-order valence-corrected chi connectivity index (χ3v) is 4.77. The Bertz CT molecular complexity index is 109. The van der Waals surface area contributed by atoms with Gasteiger partial charge in [-0.05, 0) is 24.7 Å². The van der Waals surface area contributed by atoms with Crippen molar-refractivity contribution in [2.24, 2.45) is 5.92 Å². The van der Waals surface area contributed by atoms with Gasteiger partial charge in [0.15, 0.2) is 0 Å². The molecule has 0 nitrogen and oxygen atoms in total. The summed E-state index contributed by atoms with van der Waals surface area (Å²) in [6, 6.07) is 0. The first-order valence-corrected chi connectivity index (χ1v) is 5.51. The maximum absolute atomic E-state index is 2.60. The van der Waals surface area contributed by atoms with Crippen LogP contribution >= 0.6 is 21.0 Å². The molecule has 2 heteroatoms. The Morgan fingerprint density at radius 1 is 1.67 bits per heavy atom. The summed E-state index contributed by atoms with van der Waals surface area (Å²) < 4.78 is 0. The van der Waals surface area contributed by atoms with Crippen molar-refractivity contribution in [1.29, 1.82) is 0 Å². The van der Waals surface area contributed by atoms with Gasteiger partial charge in [-0.15, -0.1) is 7.55 Å². The lowest BCUT2D eigenvalue weighted by Crippen LogP contribution is -1.85. The normalized spacial score (nSPS) is 33.1. The fraction of sp³-hybridized carbons (Fsp3) is 0.857. The van der Waals surface area contributed by atoms with E-state index in [0.29, 0.717) is 0 Å². The molecular weight excluding hydrogens is 147 g/mol. The van der Waals surface area contributed by atoms with Crippen LogP contribution in [0.15, 0.2) is 0 Å². The molecule has 0 aromatic carbocycles. The first-order valence-electron chi connectivity index (χ1n) is 3.52. The van der Waals surface area contributed by atoms with Gasteiger partial charge in [0.05, 0.1) is 0 Å². The average molecular weight is 164 g/mol. The Morgan fingerprint density at radius 2 is 2.33 bits per heavy atom. The Kier molecular flexibility index (Phi) is 4.79. The van der Waals surface area contributed by atoms with Crippen LogP contribution in [-0.2, 0) is 0 Å². The van der Waals surface area contributed by atoms with Gasteiger partial charge in [-0.3, -0.25) is 0 Å². The van der Waals surface area contributed by atoms with E-state index in [2.05, 4.69) is 19.6 Å². The van der Waals surface area contributed by atoms with Crippen LogP contribution in [0.1, 0.15) is 20.3 Å². The highest BCUT2D eigenvalue weighted by Gasteiger charge is 2.07. The van der Waals surface area contributed by atoms with Crippen LogP contribution in [0, 0.1) is 5.92 Å². The molecule has 0 fully saturated rings. The fourth-order valence-corrected chi connectivity index (χ4v) is 3.83. The van der Waals surface area contributed by atoms with Gasteiger partial charge in [0, 0.05) is 0 Å². The molecule has 2 atom stereocenters. The number of rotatable bonds is 1. The first-order chi connectivity index (χ1) is 3.83. The van der Waals surface area contributed by atoms with Crippen molar-refractivity contribution >= 4 is 26.8 Å². The zero-order valence-corrected chi connectivity index (χ0v) is 8.28. The number of hydrogen-bond donors (Lipinski definition) is 0. The lowest BCUT2D eigenvalue weighted by molar-refractivity contribution is 0.781. The van der Waals surface area contributed by atoms with Gasteiger partial charge in [-0.25, -0.2) is 0 Å². The molecule has 0 saturated heterocycles. The van der Waals surface area contributed by atoms with Gasteiger partial charge in [0.2, 0.25) is 0 Å². The molecule has 1 heterocycles. The minimum atomic E-state index is 0. The van der Waals surface area contributed by atoms with Crippen molar-refractivity contribution in [3.63, 3.8) is 0 Å². The lowest BCUT2D eigenvalue weighted by Gasteiger charge is -1.91. The molecule has 0 radical (unpaired) electrons. The topological polar surface area (TPSA) is 0 Å². The minimum absolute atomic E-state index is 0. The zero-order valence-electron chi connectivity index (χ0n) is 6.28. The van der Waals surface area contributed by atoms with Gasteiger partial charge in [-0.2, -0.15) is 13.5 Å². The third kappa shape index (κ3) is 2.82. The van der Waals surface area contributed by atoms with Gasteiger partial charge >= 0.3 is 0 Å². The second kappa shape index (κ2) is 4.46. The highest BCUT2D eigenvalue weighted by Crippen LogP contribution is 2.31. The third-order valence-electron chi connectivity index (χ3n) is 1.90. The van der Waals surface area contributed by atoms with Gasteiger partial charge in [0.25, 0.3) is 0 Å². The van der Waals surface area contributed by atoms with Crippen LogP contribution in [-0.4, -0.2) is 18.1 Å². The highest BCUT2D eigenvalue weighted by molar-refractivity contribution is 7.59. The summed E-state index contributed by atoms with van der Waals surface area (Å²) in [5.74, 6) is 3.55. The first kappa shape index (κ1) is 9.65. The summed E-state index contributed by atoms with van der Waals surface area (Å²) >= 11 is 0.